The fourth-order valence-electron chi connectivity index (χ4n) is 3.33. The summed E-state index contributed by atoms with van der Waals surface area (Å²) in [5.41, 5.74) is 2.68. The van der Waals surface area contributed by atoms with Crippen molar-refractivity contribution in [2.75, 3.05) is 13.2 Å². The molecule has 118 valence electrons. The lowest BCUT2D eigenvalue weighted by Crippen LogP contribution is -2.41. The number of aromatic nitrogens is 2. The fraction of sp³-hybridized carbons (Fsp3) is 0.278. The molecule has 0 amide bonds. The van der Waals surface area contributed by atoms with Crippen molar-refractivity contribution in [3.05, 3.63) is 64.6 Å². The van der Waals surface area contributed by atoms with E-state index in [0.717, 1.165) is 24.0 Å². The summed E-state index contributed by atoms with van der Waals surface area (Å²) in [5, 5.41) is 3.54. The molecule has 0 bridgehead atoms. The van der Waals surface area contributed by atoms with Crippen molar-refractivity contribution in [1.29, 1.82) is 0 Å². The van der Waals surface area contributed by atoms with Gasteiger partial charge in [0.25, 0.3) is 0 Å². The highest BCUT2D eigenvalue weighted by Gasteiger charge is 2.25. The van der Waals surface area contributed by atoms with Gasteiger partial charge in [0.05, 0.1) is 12.1 Å². The number of H-pyrrole nitrogens is 2. The third-order valence-corrected chi connectivity index (χ3v) is 4.45. The Kier molecular flexibility index (Phi) is 3.63. The lowest BCUT2D eigenvalue weighted by Gasteiger charge is -2.31. The Labute approximate surface area is 133 Å². The fourth-order valence-corrected chi connectivity index (χ4v) is 3.33. The van der Waals surface area contributed by atoms with Gasteiger partial charge in [0.15, 0.2) is 0 Å². The summed E-state index contributed by atoms with van der Waals surface area (Å²) < 4.78 is 5.92. The number of para-hydroxylation sites is 1. The average Bonchev–Trinajstić information content (AvgIpc) is 2.96. The molecule has 0 spiro atoms. The molecule has 5 nitrogen and oxygen atoms in total. The van der Waals surface area contributed by atoms with Crippen LogP contribution in [0.4, 0.5) is 0 Å². The second kappa shape index (κ2) is 5.93. The Bertz CT molecular complexity index is 857. The number of hydrogen-bond acceptors (Lipinski definition) is 3. The minimum absolute atomic E-state index is 0.209. The maximum Gasteiger partial charge on any atom is 0.323 e. The first-order valence-corrected chi connectivity index (χ1v) is 7.93. The first-order chi connectivity index (χ1) is 11.3. The normalized spacial score (nSPS) is 22.9. The van der Waals surface area contributed by atoms with E-state index < -0.39 is 0 Å². The standard InChI is InChI=1S/C18H19N3O2/c22-18-20-15-6-3-7-16(17(15)21-18)23-11-9-14-13-5-2-1-4-12(13)8-10-19-14/h1-8,13-14,19H,9-11H2,(H2,20,21,22). The van der Waals surface area contributed by atoms with Gasteiger partial charge in [0.2, 0.25) is 0 Å². The van der Waals surface area contributed by atoms with Crippen LogP contribution < -0.4 is 15.7 Å². The zero-order valence-electron chi connectivity index (χ0n) is 12.7. The summed E-state index contributed by atoms with van der Waals surface area (Å²) in [6, 6.07) is 6.00. The summed E-state index contributed by atoms with van der Waals surface area (Å²) >= 11 is 0. The summed E-state index contributed by atoms with van der Waals surface area (Å²) in [5.74, 6) is 1.13. The van der Waals surface area contributed by atoms with Gasteiger partial charge in [0.1, 0.15) is 11.3 Å². The van der Waals surface area contributed by atoms with Crippen LogP contribution in [-0.2, 0) is 0 Å². The predicted octanol–water partition coefficient (Wildman–Crippen LogP) is 2.27. The predicted molar refractivity (Wildman–Crippen MR) is 90.7 cm³/mol. The number of ether oxygens (including phenoxy) is 1. The highest BCUT2D eigenvalue weighted by Crippen LogP contribution is 2.27. The van der Waals surface area contributed by atoms with Crippen molar-refractivity contribution >= 4 is 11.0 Å². The van der Waals surface area contributed by atoms with Gasteiger partial charge >= 0.3 is 5.69 Å². The molecule has 3 N–H and O–H groups in total. The Balaban J connectivity index is 1.43. The number of imidazole rings is 1. The molecule has 1 aromatic heterocycles. The lowest BCUT2D eigenvalue weighted by molar-refractivity contribution is 0.275. The maximum absolute atomic E-state index is 11.4. The molecule has 23 heavy (non-hydrogen) atoms. The summed E-state index contributed by atoms with van der Waals surface area (Å²) in [7, 11) is 0. The molecule has 5 heteroatoms. The molecule has 0 saturated carbocycles. The summed E-state index contributed by atoms with van der Waals surface area (Å²) in [6.07, 6.45) is 11.8. The molecule has 2 heterocycles. The van der Waals surface area contributed by atoms with E-state index in [2.05, 4.69) is 45.7 Å². The first-order valence-electron chi connectivity index (χ1n) is 7.93. The lowest BCUT2D eigenvalue weighted by atomic mass is 9.84. The van der Waals surface area contributed by atoms with Crippen LogP contribution in [0.15, 0.2) is 58.9 Å². The van der Waals surface area contributed by atoms with Crippen LogP contribution >= 0.6 is 0 Å². The minimum atomic E-state index is -0.209. The number of nitrogens with one attached hydrogen (secondary N) is 3. The number of hydrogen-bond donors (Lipinski definition) is 3. The molecule has 2 unspecified atom stereocenters. The van der Waals surface area contributed by atoms with Gasteiger partial charge in [-0.15, -0.1) is 0 Å². The quantitative estimate of drug-likeness (QED) is 0.811. The molecular formula is C18H19N3O2. The van der Waals surface area contributed by atoms with Gasteiger partial charge in [-0.05, 0) is 24.1 Å². The summed E-state index contributed by atoms with van der Waals surface area (Å²) in [4.78, 5) is 17.0. The van der Waals surface area contributed by atoms with Gasteiger partial charge in [-0.2, -0.15) is 0 Å². The van der Waals surface area contributed by atoms with Crippen molar-refractivity contribution in [2.45, 2.75) is 12.5 Å². The largest absolute Gasteiger partial charge is 0.491 e. The number of benzene rings is 1. The van der Waals surface area contributed by atoms with Crippen LogP contribution in [0.1, 0.15) is 6.42 Å². The zero-order chi connectivity index (χ0) is 15.6. The topological polar surface area (TPSA) is 69.9 Å². The van der Waals surface area contributed by atoms with Gasteiger partial charge in [0, 0.05) is 18.5 Å². The van der Waals surface area contributed by atoms with E-state index in [4.69, 9.17) is 4.74 Å². The number of aromatic amines is 2. The summed E-state index contributed by atoms with van der Waals surface area (Å²) in [6.45, 7) is 1.50. The monoisotopic (exact) mass is 309 g/mol. The highest BCUT2D eigenvalue weighted by molar-refractivity contribution is 5.80. The van der Waals surface area contributed by atoms with E-state index in [0.29, 0.717) is 24.3 Å². The van der Waals surface area contributed by atoms with Gasteiger partial charge in [-0.25, -0.2) is 4.79 Å². The van der Waals surface area contributed by atoms with Crippen molar-refractivity contribution < 1.29 is 4.74 Å². The molecule has 2 atom stereocenters. The van der Waals surface area contributed by atoms with Crippen LogP contribution in [0, 0.1) is 5.92 Å². The molecule has 0 radical (unpaired) electrons. The molecule has 2 aromatic rings. The number of rotatable bonds is 4. The second-order valence-corrected chi connectivity index (χ2v) is 5.88. The Morgan fingerprint density at radius 2 is 2.17 bits per heavy atom. The average molecular weight is 309 g/mol. The molecule has 1 aliphatic heterocycles. The van der Waals surface area contributed by atoms with E-state index in [1.54, 1.807) is 0 Å². The number of allylic oxidation sites excluding steroid dienone is 3. The molecule has 0 fully saturated rings. The van der Waals surface area contributed by atoms with Crippen LogP contribution in [0.3, 0.4) is 0 Å². The molecular weight excluding hydrogens is 290 g/mol. The van der Waals surface area contributed by atoms with Crippen LogP contribution in [-0.4, -0.2) is 29.2 Å². The Morgan fingerprint density at radius 3 is 3.13 bits per heavy atom. The Hall–Kier alpha value is -2.53. The number of fused-ring (bicyclic) bond motifs is 2. The minimum Gasteiger partial charge on any atom is -0.491 e. The van der Waals surface area contributed by atoms with E-state index in [1.807, 2.05) is 18.2 Å². The first kappa shape index (κ1) is 14.1. The van der Waals surface area contributed by atoms with Crippen molar-refractivity contribution in [1.82, 2.24) is 15.3 Å². The van der Waals surface area contributed by atoms with Crippen LogP contribution in [0.5, 0.6) is 5.75 Å². The van der Waals surface area contributed by atoms with Crippen LogP contribution in [0.2, 0.25) is 0 Å². The Morgan fingerprint density at radius 1 is 1.22 bits per heavy atom. The van der Waals surface area contributed by atoms with Gasteiger partial charge < -0.3 is 20.0 Å². The molecule has 1 aliphatic carbocycles. The van der Waals surface area contributed by atoms with Gasteiger partial charge in [-0.1, -0.05) is 36.4 Å². The van der Waals surface area contributed by atoms with E-state index >= 15 is 0 Å². The van der Waals surface area contributed by atoms with Crippen molar-refractivity contribution in [3.63, 3.8) is 0 Å². The molecule has 2 aliphatic rings. The van der Waals surface area contributed by atoms with E-state index in [9.17, 15) is 4.79 Å². The second-order valence-electron chi connectivity index (χ2n) is 5.88. The molecule has 0 saturated heterocycles. The van der Waals surface area contributed by atoms with E-state index in [1.165, 1.54) is 5.57 Å². The smallest absolute Gasteiger partial charge is 0.323 e. The molecule has 4 rings (SSSR count). The van der Waals surface area contributed by atoms with Gasteiger partial charge in [-0.3, -0.25) is 0 Å². The third-order valence-electron chi connectivity index (χ3n) is 4.45. The highest BCUT2D eigenvalue weighted by atomic mass is 16.5. The zero-order valence-corrected chi connectivity index (χ0v) is 12.7. The van der Waals surface area contributed by atoms with E-state index in [-0.39, 0.29) is 5.69 Å². The van der Waals surface area contributed by atoms with Crippen LogP contribution in [0.25, 0.3) is 11.0 Å². The maximum atomic E-state index is 11.4. The molecule has 1 aromatic carbocycles. The SMILES string of the molecule is O=c1[nH]c2cccc(OCCC3NCC=C4C=CC=CC43)c2[nH]1. The van der Waals surface area contributed by atoms with Crippen molar-refractivity contribution in [2.24, 2.45) is 5.92 Å². The van der Waals surface area contributed by atoms with Crippen molar-refractivity contribution in [3.8, 4) is 5.75 Å². The third kappa shape index (κ3) is 2.75.